The number of fused-ring (bicyclic) bond motifs is 1. The Balaban J connectivity index is 1.19. The van der Waals surface area contributed by atoms with E-state index in [9.17, 15) is 8.42 Å². The molecular formula is C25H26ClN7O2S. The number of hydrogen-bond acceptors (Lipinski definition) is 7. The van der Waals surface area contributed by atoms with Gasteiger partial charge in [-0.05, 0) is 62.3 Å². The van der Waals surface area contributed by atoms with E-state index in [0.717, 1.165) is 71.8 Å². The number of hydrogen-bond donors (Lipinski definition) is 3. The van der Waals surface area contributed by atoms with Gasteiger partial charge in [-0.3, -0.25) is 0 Å². The molecule has 186 valence electrons. The van der Waals surface area contributed by atoms with E-state index < -0.39 is 10.0 Å². The van der Waals surface area contributed by atoms with E-state index in [1.165, 1.54) is 6.33 Å². The normalized spacial score (nSPS) is 20.5. The second kappa shape index (κ2) is 9.42. The van der Waals surface area contributed by atoms with Crippen molar-refractivity contribution in [1.29, 1.82) is 0 Å². The lowest BCUT2D eigenvalue weighted by molar-refractivity contribution is 0.386. The Labute approximate surface area is 214 Å². The third kappa shape index (κ3) is 4.93. The van der Waals surface area contributed by atoms with Crippen LogP contribution in [0.3, 0.4) is 0 Å². The lowest BCUT2D eigenvalue weighted by Gasteiger charge is -2.30. The van der Waals surface area contributed by atoms with Crippen LogP contribution in [-0.4, -0.2) is 50.7 Å². The predicted octanol–water partition coefficient (Wildman–Crippen LogP) is 4.54. The fourth-order valence-electron chi connectivity index (χ4n) is 4.85. The zero-order valence-corrected chi connectivity index (χ0v) is 21.1. The Morgan fingerprint density at radius 2 is 1.64 bits per heavy atom. The highest BCUT2D eigenvalue weighted by atomic mass is 35.5. The molecule has 0 spiro atoms. The lowest BCUT2D eigenvalue weighted by Crippen LogP contribution is -2.41. The second-order valence-electron chi connectivity index (χ2n) is 9.57. The molecule has 4 aromatic heterocycles. The van der Waals surface area contributed by atoms with E-state index in [0.29, 0.717) is 11.0 Å². The SMILES string of the molecule is O=S(=O)(NC1CCC(Nc2cc(-c3c[nH]c4ncc(-c5cncnc5)cc34)cc(Cl)n2)CC1)C1CC1. The Morgan fingerprint density at radius 3 is 2.39 bits per heavy atom. The second-order valence-corrected chi connectivity index (χ2v) is 11.9. The monoisotopic (exact) mass is 523 g/mol. The third-order valence-electron chi connectivity index (χ3n) is 6.90. The fourth-order valence-corrected chi connectivity index (χ4v) is 6.70. The van der Waals surface area contributed by atoms with Crippen LogP contribution in [-0.2, 0) is 10.0 Å². The van der Waals surface area contributed by atoms with E-state index in [1.807, 2.05) is 18.3 Å². The Hall–Kier alpha value is -3.08. The summed E-state index contributed by atoms with van der Waals surface area (Å²) < 4.78 is 27.4. The summed E-state index contributed by atoms with van der Waals surface area (Å²) in [6.07, 6.45) is 13.6. The number of H-pyrrole nitrogens is 1. The van der Waals surface area contributed by atoms with Crippen molar-refractivity contribution < 1.29 is 8.42 Å². The van der Waals surface area contributed by atoms with Crippen molar-refractivity contribution in [2.45, 2.75) is 55.9 Å². The summed E-state index contributed by atoms with van der Waals surface area (Å²) in [6.45, 7) is 0. The quantitative estimate of drug-likeness (QED) is 0.303. The number of anilines is 1. The maximum atomic E-state index is 12.3. The van der Waals surface area contributed by atoms with E-state index in [2.05, 4.69) is 41.0 Å². The summed E-state index contributed by atoms with van der Waals surface area (Å²) >= 11 is 6.42. The largest absolute Gasteiger partial charge is 0.367 e. The summed E-state index contributed by atoms with van der Waals surface area (Å²) in [4.78, 5) is 20.5. The molecule has 2 aliphatic rings. The lowest BCUT2D eigenvalue weighted by atomic mass is 9.92. The molecule has 2 saturated carbocycles. The number of aromatic nitrogens is 5. The highest BCUT2D eigenvalue weighted by Gasteiger charge is 2.37. The van der Waals surface area contributed by atoms with E-state index in [-0.39, 0.29) is 17.3 Å². The summed E-state index contributed by atoms with van der Waals surface area (Å²) in [5.74, 6) is 0.703. The zero-order valence-electron chi connectivity index (χ0n) is 19.5. The smallest absolute Gasteiger partial charge is 0.214 e. The van der Waals surface area contributed by atoms with Gasteiger partial charge < -0.3 is 10.3 Å². The third-order valence-corrected chi connectivity index (χ3v) is 9.11. The standard InChI is InChI=1S/C25H26ClN7O2S/c26-23-8-15(22-13-30-25-21(22)7-16(12-29-25)17-10-27-14-28-11-17)9-24(32-23)31-18-1-3-19(4-2-18)33-36(34,35)20-5-6-20/h7-14,18-20,33H,1-6H2,(H,29,30)(H,31,32). The topological polar surface area (TPSA) is 126 Å². The minimum atomic E-state index is -3.15. The molecule has 0 atom stereocenters. The zero-order chi connectivity index (χ0) is 24.7. The van der Waals surface area contributed by atoms with E-state index >= 15 is 0 Å². The van der Waals surface area contributed by atoms with Gasteiger partial charge in [-0.15, -0.1) is 0 Å². The Morgan fingerprint density at radius 1 is 0.889 bits per heavy atom. The molecule has 0 bridgehead atoms. The summed E-state index contributed by atoms with van der Waals surface area (Å²) in [7, 11) is -3.15. The predicted molar refractivity (Wildman–Crippen MR) is 140 cm³/mol. The Bertz CT molecular complexity index is 1500. The number of halogens is 1. The fraction of sp³-hybridized carbons (Fsp3) is 0.360. The summed E-state index contributed by atoms with van der Waals surface area (Å²) in [5, 5.41) is 4.70. The average Bonchev–Trinajstić information content (AvgIpc) is 3.66. The van der Waals surface area contributed by atoms with Gasteiger partial charge in [0.2, 0.25) is 10.0 Å². The van der Waals surface area contributed by atoms with Gasteiger partial charge in [0.05, 0.1) is 5.25 Å². The maximum Gasteiger partial charge on any atom is 0.214 e. The molecule has 3 N–H and O–H groups in total. The number of nitrogens with zero attached hydrogens (tertiary/aromatic N) is 4. The number of pyridine rings is 2. The highest BCUT2D eigenvalue weighted by Crippen LogP contribution is 2.34. The van der Waals surface area contributed by atoms with Crippen molar-refractivity contribution in [2.24, 2.45) is 0 Å². The van der Waals surface area contributed by atoms with Gasteiger partial charge in [0.25, 0.3) is 0 Å². The molecule has 4 aromatic rings. The number of aromatic amines is 1. The minimum absolute atomic E-state index is 0.0134. The molecule has 0 amide bonds. The molecule has 6 rings (SSSR count). The van der Waals surface area contributed by atoms with Crippen LogP contribution in [0.4, 0.5) is 5.82 Å². The molecule has 11 heteroatoms. The van der Waals surface area contributed by atoms with E-state index in [4.69, 9.17) is 11.6 Å². The summed E-state index contributed by atoms with van der Waals surface area (Å²) in [6, 6.07) is 6.13. The van der Waals surface area contributed by atoms with Gasteiger partial charge in [0.1, 0.15) is 22.9 Å². The first kappa shape index (κ1) is 23.3. The van der Waals surface area contributed by atoms with Crippen LogP contribution in [0.2, 0.25) is 5.15 Å². The van der Waals surface area contributed by atoms with Crippen LogP contribution in [0.1, 0.15) is 38.5 Å². The first-order valence-electron chi connectivity index (χ1n) is 12.1. The van der Waals surface area contributed by atoms with Crippen LogP contribution in [0.15, 0.2) is 49.3 Å². The molecule has 0 radical (unpaired) electrons. The molecule has 4 heterocycles. The molecule has 2 fully saturated rings. The van der Waals surface area contributed by atoms with Gasteiger partial charge in [0, 0.05) is 58.9 Å². The maximum absolute atomic E-state index is 12.3. The van der Waals surface area contributed by atoms with E-state index in [1.54, 1.807) is 18.6 Å². The molecule has 9 nitrogen and oxygen atoms in total. The van der Waals surface area contributed by atoms with Crippen molar-refractivity contribution in [3.8, 4) is 22.3 Å². The highest BCUT2D eigenvalue weighted by molar-refractivity contribution is 7.90. The molecule has 0 aromatic carbocycles. The number of sulfonamides is 1. The van der Waals surface area contributed by atoms with Crippen LogP contribution in [0.5, 0.6) is 0 Å². The van der Waals surface area contributed by atoms with Gasteiger partial charge >= 0.3 is 0 Å². The van der Waals surface area contributed by atoms with Gasteiger partial charge in [0.15, 0.2) is 0 Å². The molecule has 0 saturated heterocycles. The van der Waals surface area contributed by atoms with Crippen molar-refractivity contribution >= 4 is 38.5 Å². The van der Waals surface area contributed by atoms with Crippen LogP contribution >= 0.6 is 11.6 Å². The molecule has 36 heavy (non-hydrogen) atoms. The molecule has 0 aliphatic heterocycles. The van der Waals surface area contributed by atoms with Crippen molar-refractivity contribution in [2.75, 3.05) is 5.32 Å². The van der Waals surface area contributed by atoms with Gasteiger partial charge in [-0.1, -0.05) is 11.6 Å². The number of nitrogens with one attached hydrogen (secondary N) is 3. The summed E-state index contributed by atoms with van der Waals surface area (Å²) in [5.41, 5.74) is 4.50. The minimum Gasteiger partial charge on any atom is -0.367 e. The Kier molecular flexibility index (Phi) is 6.10. The molecule has 2 aliphatic carbocycles. The molecule has 0 unspecified atom stereocenters. The average molecular weight is 524 g/mol. The first-order chi connectivity index (χ1) is 17.4. The van der Waals surface area contributed by atoms with Gasteiger partial charge in [-0.25, -0.2) is 33.1 Å². The first-order valence-corrected chi connectivity index (χ1v) is 14.1. The van der Waals surface area contributed by atoms with Gasteiger partial charge in [-0.2, -0.15) is 0 Å². The van der Waals surface area contributed by atoms with Crippen LogP contribution in [0, 0.1) is 0 Å². The molecular weight excluding hydrogens is 498 g/mol. The van der Waals surface area contributed by atoms with Crippen molar-refractivity contribution in [3.63, 3.8) is 0 Å². The van der Waals surface area contributed by atoms with Crippen LogP contribution in [0.25, 0.3) is 33.3 Å². The number of rotatable bonds is 7. The van der Waals surface area contributed by atoms with Crippen LogP contribution < -0.4 is 10.0 Å². The van der Waals surface area contributed by atoms with Crippen molar-refractivity contribution in [1.82, 2.24) is 29.6 Å². The van der Waals surface area contributed by atoms with Crippen molar-refractivity contribution in [3.05, 3.63) is 54.5 Å².